The summed E-state index contributed by atoms with van der Waals surface area (Å²) in [5.41, 5.74) is 7.66. The molecule has 0 aromatic heterocycles. The summed E-state index contributed by atoms with van der Waals surface area (Å²) in [5, 5.41) is 7.54. The third-order valence-corrected chi connectivity index (χ3v) is 4.88. The molecule has 4 nitrogen and oxygen atoms in total. The quantitative estimate of drug-likeness (QED) is 0.649. The Hall–Kier alpha value is -1.39. The molecule has 2 fully saturated rings. The smallest absolute Gasteiger partial charge is 0.122 e. The van der Waals surface area contributed by atoms with Gasteiger partial charge in [-0.05, 0) is 37.9 Å². The molecular weight excluding hydrogens is 248 g/mol. The Kier molecular flexibility index (Phi) is 3.76. The number of rotatable bonds is 3. The van der Waals surface area contributed by atoms with Gasteiger partial charge in [0.05, 0.1) is 0 Å². The van der Waals surface area contributed by atoms with Gasteiger partial charge in [0.1, 0.15) is 5.84 Å². The molecule has 2 aliphatic heterocycles. The Morgan fingerprint density at radius 1 is 1.30 bits per heavy atom. The number of likely N-dealkylation sites (N-methyl/N-ethyl adjacent to an activating group) is 1. The number of likely N-dealkylation sites (tertiary alicyclic amines) is 1. The summed E-state index contributed by atoms with van der Waals surface area (Å²) in [6, 6.07) is 9.60. The van der Waals surface area contributed by atoms with Crippen molar-refractivity contribution in [3.05, 3.63) is 35.4 Å². The molecule has 1 aromatic carbocycles. The maximum atomic E-state index is 7.54. The number of benzene rings is 1. The minimum Gasteiger partial charge on any atom is -0.384 e. The van der Waals surface area contributed by atoms with Gasteiger partial charge in [-0.1, -0.05) is 18.2 Å². The minimum absolute atomic E-state index is 0.154. The Labute approximate surface area is 121 Å². The summed E-state index contributed by atoms with van der Waals surface area (Å²) in [5.74, 6) is 0.154. The lowest BCUT2D eigenvalue weighted by Crippen LogP contribution is -2.36. The minimum atomic E-state index is 0.154. The van der Waals surface area contributed by atoms with Crippen LogP contribution in [-0.2, 0) is 6.54 Å². The van der Waals surface area contributed by atoms with Crippen LogP contribution < -0.4 is 5.73 Å². The van der Waals surface area contributed by atoms with Crippen LogP contribution >= 0.6 is 0 Å². The molecule has 2 aliphatic rings. The van der Waals surface area contributed by atoms with E-state index in [2.05, 4.69) is 29.0 Å². The lowest BCUT2D eigenvalue weighted by atomic mass is 10.1. The van der Waals surface area contributed by atoms with Crippen LogP contribution in [0.5, 0.6) is 0 Å². The Morgan fingerprint density at radius 3 is 2.90 bits per heavy atom. The topological polar surface area (TPSA) is 56.4 Å². The lowest BCUT2D eigenvalue weighted by molar-refractivity contribution is 0.214. The van der Waals surface area contributed by atoms with Crippen molar-refractivity contribution in [1.29, 1.82) is 5.41 Å². The van der Waals surface area contributed by atoms with Gasteiger partial charge in [0, 0.05) is 37.3 Å². The molecule has 0 amide bonds. The summed E-state index contributed by atoms with van der Waals surface area (Å²) < 4.78 is 0. The molecule has 1 aromatic rings. The number of amidine groups is 1. The first-order chi connectivity index (χ1) is 9.63. The van der Waals surface area contributed by atoms with Crippen molar-refractivity contribution in [2.75, 3.05) is 20.1 Å². The largest absolute Gasteiger partial charge is 0.384 e. The predicted molar refractivity (Wildman–Crippen MR) is 81.9 cm³/mol. The molecule has 0 spiro atoms. The van der Waals surface area contributed by atoms with Gasteiger partial charge < -0.3 is 5.73 Å². The number of fused-ring (bicyclic) bond motifs is 2. The standard InChI is InChI=1S/C16H24N4/c1-19-14-5-6-15(19)11-20(8-7-14)10-12-3-2-4-13(9-12)16(17)18/h2-4,9,14-15H,5-8,10-11H2,1H3,(H3,17,18). The van der Waals surface area contributed by atoms with Crippen LogP contribution in [0, 0.1) is 5.41 Å². The van der Waals surface area contributed by atoms with Crippen molar-refractivity contribution in [3.8, 4) is 0 Å². The number of hydrogen-bond acceptors (Lipinski definition) is 3. The third-order valence-electron chi connectivity index (χ3n) is 4.88. The SMILES string of the molecule is CN1C2CCC1CN(Cc1cccc(C(=N)N)c1)CC2. The Bertz CT molecular complexity index is 499. The van der Waals surface area contributed by atoms with Crippen LogP contribution in [0.25, 0.3) is 0 Å². The molecule has 2 unspecified atom stereocenters. The number of nitrogens with one attached hydrogen (secondary N) is 1. The van der Waals surface area contributed by atoms with Gasteiger partial charge in [0.15, 0.2) is 0 Å². The van der Waals surface area contributed by atoms with Crippen molar-refractivity contribution >= 4 is 5.84 Å². The van der Waals surface area contributed by atoms with E-state index in [0.717, 1.165) is 30.7 Å². The zero-order valence-electron chi connectivity index (χ0n) is 12.2. The summed E-state index contributed by atoms with van der Waals surface area (Å²) in [6.07, 6.45) is 3.99. The van der Waals surface area contributed by atoms with E-state index in [1.807, 2.05) is 12.1 Å². The normalized spacial score (nSPS) is 27.4. The van der Waals surface area contributed by atoms with Gasteiger partial charge in [0.25, 0.3) is 0 Å². The van der Waals surface area contributed by atoms with Gasteiger partial charge in [-0.2, -0.15) is 0 Å². The fourth-order valence-corrected chi connectivity index (χ4v) is 3.62. The predicted octanol–water partition coefficient (Wildman–Crippen LogP) is 1.64. The van der Waals surface area contributed by atoms with E-state index in [-0.39, 0.29) is 5.84 Å². The number of nitrogen functional groups attached to an aromatic ring is 1. The van der Waals surface area contributed by atoms with Crippen LogP contribution in [-0.4, -0.2) is 47.9 Å². The monoisotopic (exact) mass is 272 g/mol. The van der Waals surface area contributed by atoms with Crippen molar-refractivity contribution in [1.82, 2.24) is 9.80 Å². The fraction of sp³-hybridized carbons (Fsp3) is 0.562. The molecule has 108 valence electrons. The second-order valence-electron chi connectivity index (χ2n) is 6.19. The van der Waals surface area contributed by atoms with E-state index in [9.17, 15) is 0 Å². The summed E-state index contributed by atoms with van der Waals surface area (Å²) >= 11 is 0. The molecule has 0 saturated carbocycles. The molecule has 2 saturated heterocycles. The molecule has 3 rings (SSSR count). The molecule has 0 radical (unpaired) electrons. The van der Waals surface area contributed by atoms with Crippen LogP contribution in [0.15, 0.2) is 24.3 Å². The van der Waals surface area contributed by atoms with Crippen LogP contribution in [0.2, 0.25) is 0 Å². The molecule has 2 heterocycles. The van der Waals surface area contributed by atoms with E-state index >= 15 is 0 Å². The van der Waals surface area contributed by atoms with Gasteiger partial charge >= 0.3 is 0 Å². The summed E-state index contributed by atoms with van der Waals surface area (Å²) in [4.78, 5) is 5.13. The first-order valence-electron chi connectivity index (χ1n) is 7.51. The highest BCUT2D eigenvalue weighted by Gasteiger charge is 2.34. The highest BCUT2D eigenvalue weighted by atomic mass is 15.3. The van der Waals surface area contributed by atoms with Gasteiger partial charge in [-0.25, -0.2) is 0 Å². The number of nitrogens with two attached hydrogens (primary N) is 1. The fourth-order valence-electron chi connectivity index (χ4n) is 3.62. The Morgan fingerprint density at radius 2 is 2.10 bits per heavy atom. The zero-order valence-corrected chi connectivity index (χ0v) is 12.2. The van der Waals surface area contributed by atoms with Crippen LogP contribution in [0.3, 0.4) is 0 Å². The van der Waals surface area contributed by atoms with Crippen molar-refractivity contribution in [2.45, 2.75) is 37.9 Å². The summed E-state index contributed by atoms with van der Waals surface area (Å²) in [7, 11) is 2.28. The Balaban J connectivity index is 1.69. The molecule has 0 aliphatic carbocycles. The average Bonchev–Trinajstić information content (AvgIpc) is 2.67. The van der Waals surface area contributed by atoms with Gasteiger partial charge in [-0.15, -0.1) is 0 Å². The van der Waals surface area contributed by atoms with Crippen LogP contribution in [0.1, 0.15) is 30.4 Å². The first kappa shape index (κ1) is 13.6. The van der Waals surface area contributed by atoms with Crippen molar-refractivity contribution in [2.24, 2.45) is 5.73 Å². The average molecular weight is 272 g/mol. The van der Waals surface area contributed by atoms with E-state index < -0.39 is 0 Å². The van der Waals surface area contributed by atoms with Gasteiger partial charge in [-0.3, -0.25) is 15.2 Å². The molecule has 4 heteroatoms. The highest BCUT2D eigenvalue weighted by molar-refractivity contribution is 5.95. The zero-order chi connectivity index (χ0) is 14.1. The molecule has 3 N–H and O–H groups in total. The molecule has 20 heavy (non-hydrogen) atoms. The third kappa shape index (κ3) is 2.72. The second kappa shape index (κ2) is 5.54. The van der Waals surface area contributed by atoms with E-state index in [0.29, 0.717) is 0 Å². The molecule has 2 bridgehead atoms. The number of hydrogen-bond donors (Lipinski definition) is 2. The lowest BCUT2D eigenvalue weighted by Gasteiger charge is -2.25. The van der Waals surface area contributed by atoms with E-state index in [4.69, 9.17) is 11.1 Å². The van der Waals surface area contributed by atoms with Crippen molar-refractivity contribution in [3.63, 3.8) is 0 Å². The maximum Gasteiger partial charge on any atom is 0.122 e. The van der Waals surface area contributed by atoms with Gasteiger partial charge in [0.2, 0.25) is 0 Å². The van der Waals surface area contributed by atoms with Crippen LogP contribution in [0.4, 0.5) is 0 Å². The first-order valence-corrected chi connectivity index (χ1v) is 7.51. The molecular formula is C16H24N4. The number of nitrogens with zero attached hydrogens (tertiary/aromatic N) is 2. The van der Waals surface area contributed by atoms with E-state index in [1.165, 1.54) is 31.4 Å². The maximum absolute atomic E-state index is 7.54. The highest BCUT2D eigenvalue weighted by Crippen LogP contribution is 2.29. The van der Waals surface area contributed by atoms with E-state index in [1.54, 1.807) is 0 Å². The van der Waals surface area contributed by atoms with Crippen molar-refractivity contribution < 1.29 is 0 Å². The second-order valence-corrected chi connectivity index (χ2v) is 6.19. The summed E-state index contributed by atoms with van der Waals surface area (Å²) in [6.45, 7) is 3.31. The molecule has 2 atom stereocenters.